The van der Waals surface area contributed by atoms with E-state index in [4.69, 9.17) is 4.74 Å². The molecular formula is C23H29FN2O3. The van der Waals surface area contributed by atoms with Crippen molar-refractivity contribution in [2.75, 3.05) is 26.2 Å². The van der Waals surface area contributed by atoms with Gasteiger partial charge < -0.3 is 20.1 Å². The molecule has 1 amide bonds. The van der Waals surface area contributed by atoms with Crippen molar-refractivity contribution >= 4 is 5.91 Å². The lowest BCUT2D eigenvalue weighted by Crippen LogP contribution is -2.53. The second-order valence-corrected chi connectivity index (χ2v) is 7.56. The third kappa shape index (κ3) is 5.14. The van der Waals surface area contributed by atoms with Gasteiger partial charge in [0.15, 0.2) is 0 Å². The van der Waals surface area contributed by atoms with Crippen LogP contribution in [0, 0.1) is 5.82 Å². The molecule has 0 spiro atoms. The van der Waals surface area contributed by atoms with Gasteiger partial charge in [-0.05, 0) is 43.5 Å². The normalized spacial score (nSPS) is 17.5. The van der Waals surface area contributed by atoms with Gasteiger partial charge in [0.1, 0.15) is 11.6 Å². The van der Waals surface area contributed by atoms with Gasteiger partial charge in [0.05, 0.1) is 18.2 Å². The number of ether oxygens (including phenoxy) is 1. The van der Waals surface area contributed by atoms with Crippen LogP contribution in [0.25, 0.3) is 0 Å². The number of hydrogen-bond acceptors (Lipinski definition) is 4. The summed E-state index contributed by atoms with van der Waals surface area (Å²) < 4.78 is 19.9. The summed E-state index contributed by atoms with van der Waals surface area (Å²) in [5.74, 6) is 0.312. The molecule has 0 bridgehead atoms. The molecule has 3 rings (SSSR count). The molecule has 0 aromatic heterocycles. The molecule has 2 aromatic rings. The fourth-order valence-electron chi connectivity index (χ4n) is 4.07. The average Bonchev–Trinajstić information content (AvgIpc) is 2.70. The van der Waals surface area contributed by atoms with Crippen LogP contribution < -0.4 is 10.1 Å². The number of rotatable bonds is 7. The summed E-state index contributed by atoms with van der Waals surface area (Å²) in [7, 11) is 0. The molecule has 1 fully saturated rings. The van der Waals surface area contributed by atoms with Crippen molar-refractivity contribution in [3.05, 3.63) is 65.5 Å². The summed E-state index contributed by atoms with van der Waals surface area (Å²) in [6.45, 7) is 5.80. The highest BCUT2D eigenvalue weighted by atomic mass is 19.1. The highest BCUT2D eigenvalue weighted by Crippen LogP contribution is 2.35. The van der Waals surface area contributed by atoms with Gasteiger partial charge >= 0.3 is 0 Å². The highest BCUT2D eigenvalue weighted by Gasteiger charge is 2.39. The minimum absolute atomic E-state index is 0.170. The van der Waals surface area contributed by atoms with Gasteiger partial charge in [-0.1, -0.05) is 30.3 Å². The number of aliphatic hydroxyl groups excluding tert-OH is 1. The Bertz CT molecular complexity index is 817. The van der Waals surface area contributed by atoms with Gasteiger partial charge in [-0.3, -0.25) is 4.79 Å². The molecule has 2 aromatic carbocycles. The second-order valence-electron chi connectivity index (χ2n) is 7.56. The molecule has 1 aliphatic heterocycles. The summed E-state index contributed by atoms with van der Waals surface area (Å²) in [6, 6.07) is 14.1. The predicted octanol–water partition coefficient (Wildman–Crippen LogP) is 3.39. The van der Waals surface area contributed by atoms with Crippen LogP contribution in [0.3, 0.4) is 0 Å². The fraction of sp³-hybridized carbons (Fsp3) is 0.435. The molecule has 5 nitrogen and oxygen atoms in total. The van der Waals surface area contributed by atoms with Crippen molar-refractivity contribution < 1.29 is 19.0 Å². The molecular weight excluding hydrogens is 371 g/mol. The minimum Gasteiger partial charge on any atom is -0.494 e. The summed E-state index contributed by atoms with van der Waals surface area (Å²) in [6.07, 6.45) is 0.555. The maximum Gasteiger partial charge on any atom is 0.217 e. The summed E-state index contributed by atoms with van der Waals surface area (Å²) >= 11 is 0. The van der Waals surface area contributed by atoms with E-state index in [1.54, 1.807) is 18.2 Å². The first kappa shape index (κ1) is 21.3. The number of piperidine rings is 1. The van der Waals surface area contributed by atoms with E-state index in [-0.39, 0.29) is 11.7 Å². The average molecular weight is 400 g/mol. The summed E-state index contributed by atoms with van der Waals surface area (Å²) in [4.78, 5) is 14.0. The number of amides is 1. The Labute approximate surface area is 171 Å². The first-order chi connectivity index (χ1) is 13.9. The standard InChI is InChI=1S/C23H29FN2O3/c1-3-29-19-10-8-18(9-11-19)22(28)16-26-14-12-23(13-15-26,25-17(2)27)20-6-4-5-7-21(20)24/h4-11,22,28H,3,12-16H2,1-2H3,(H,25,27). The summed E-state index contributed by atoms with van der Waals surface area (Å²) in [5, 5.41) is 13.6. The molecule has 1 heterocycles. The number of carbonyl (C=O) groups is 1. The number of nitrogens with zero attached hydrogens (tertiary/aromatic N) is 1. The minimum atomic E-state index is -0.711. The fourth-order valence-corrected chi connectivity index (χ4v) is 4.07. The van der Waals surface area contributed by atoms with Gasteiger partial charge in [0.25, 0.3) is 0 Å². The van der Waals surface area contributed by atoms with Crippen LogP contribution >= 0.6 is 0 Å². The largest absolute Gasteiger partial charge is 0.494 e. The van der Waals surface area contributed by atoms with E-state index < -0.39 is 11.6 Å². The molecule has 0 aliphatic carbocycles. The SMILES string of the molecule is CCOc1ccc(C(O)CN2CCC(NC(C)=O)(c3ccccc3F)CC2)cc1. The van der Waals surface area contributed by atoms with E-state index in [1.165, 1.54) is 13.0 Å². The molecule has 0 radical (unpaired) electrons. The number of likely N-dealkylation sites (tertiary alicyclic amines) is 1. The van der Waals surface area contributed by atoms with E-state index in [9.17, 15) is 14.3 Å². The molecule has 1 atom stereocenters. The Morgan fingerprint density at radius 1 is 1.21 bits per heavy atom. The number of hydrogen-bond donors (Lipinski definition) is 2. The number of carbonyl (C=O) groups excluding carboxylic acids is 1. The molecule has 156 valence electrons. The number of aliphatic hydroxyl groups is 1. The van der Waals surface area contributed by atoms with Crippen LogP contribution in [0.1, 0.15) is 43.9 Å². The van der Waals surface area contributed by atoms with Gasteiger partial charge in [0.2, 0.25) is 5.91 Å². The van der Waals surface area contributed by atoms with Gasteiger partial charge in [-0.2, -0.15) is 0 Å². The predicted molar refractivity (Wildman–Crippen MR) is 110 cm³/mol. The molecule has 1 unspecified atom stereocenters. The lowest BCUT2D eigenvalue weighted by atomic mass is 9.80. The first-order valence-electron chi connectivity index (χ1n) is 10.1. The van der Waals surface area contributed by atoms with E-state index in [0.29, 0.717) is 44.6 Å². The zero-order chi connectivity index (χ0) is 20.9. The quantitative estimate of drug-likeness (QED) is 0.748. The first-order valence-corrected chi connectivity index (χ1v) is 10.1. The molecule has 0 saturated carbocycles. The number of β-amino-alcohol motifs (C(OH)–C–C–N with tert-alkyl or cyclic N) is 1. The van der Waals surface area contributed by atoms with Crippen LogP contribution in [0.2, 0.25) is 0 Å². The van der Waals surface area contributed by atoms with Crippen molar-refractivity contribution in [3.63, 3.8) is 0 Å². The second kappa shape index (κ2) is 9.37. The number of nitrogens with one attached hydrogen (secondary N) is 1. The number of benzene rings is 2. The van der Waals surface area contributed by atoms with Crippen LogP contribution in [0.5, 0.6) is 5.75 Å². The lowest BCUT2D eigenvalue weighted by molar-refractivity contribution is -0.121. The maximum absolute atomic E-state index is 14.5. The van der Waals surface area contributed by atoms with Gasteiger partial charge in [-0.15, -0.1) is 0 Å². The maximum atomic E-state index is 14.5. The molecule has 1 saturated heterocycles. The summed E-state index contributed by atoms with van der Waals surface area (Å²) in [5.41, 5.74) is 0.653. The Hall–Kier alpha value is -2.44. The Morgan fingerprint density at radius 3 is 2.45 bits per heavy atom. The zero-order valence-corrected chi connectivity index (χ0v) is 17.0. The monoisotopic (exact) mass is 400 g/mol. The van der Waals surface area contributed by atoms with Crippen LogP contribution in [-0.2, 0) is 10.3 Å². The van der Waals surface area contributed by atoms with E-state index in [1.807, 2.05) is 31.2 Å². The molecule has 2 N–H and O–H groups in total. The Morgan fingerprint density at radius 2 is 1.86 bits per heavy atom. The topological polar surface area (TPSA) is 61.8 Å². The van der Waals surface area contributed by atoms with E-state index in [0.717, 1.165) is 11.3 Å². The lowest BCUT2D eigenvalue weighted by Gasteiger charge is -2.43. The molecule has 6 heteroatoms. The van der Waals surface area contributed by atoms with Crippen molar-refractivity contribution in [1.82, 2.24) is 10.2 Å². The Balaban J connectivity index is 1.66. The van der Waals surface area contributed by atoms with Crippen molar-refractivity contribution in [1.29, 1.82) is 0 Å². The van der Waals surface area contributed by atoms with Gasteiger partial charge in [-0.25, -0.2) is 4.39 Å². The van der Waals surface area contributed by atoms with E-state index in [2.05, 4.69) is 10.2 Å². The van der Waals surface area contributed by atoms with Crippen LogP contribution in [0.4, 0.5) is 4.39 Å². The third-order valence-electron chi connectivity index (χ3n) is 5.52. The smallest absolute Gasteiger partial charge is 0.217 e. The van der Waals surface area contributed by atoms with Crippen molar-refractivity contribution in [3.8, 4) is 5.75 Å². The molecule has 1 aliphatic rings. The van der Waals surface area contributed by atoms with Crippen molar-refractivity contribution in [2.45, 2.75) is 38.3 Å². The highest BCUT2D eigenvalue weighted by molar-refractivity contribution is 5.74. The zero-order valence-electron chi connectivity index (χ0n) is 17.0. The molecule has 29 heavy (non-hydrogen) atoms. The number of halogens is 1. The van der Waals surface area contributed by atoms with E-state index >= 15 is 0 Å². The van der Waals surface area contributed by atoms with Crippen LogP contribution in [-0.4, -0.2) is 42.2 Å². The van der Waals surface area contributed by atoms with Crippen LogP contribution in [0.15, 0.2) is 48.5 Å². The third-order valence-corrected chi connectivity index (χ3v) is 5.52. The Kier molecular flexibility index (Phi) is 6.87. The van der Waals surface area contributed by atoms with Crippen molar-refractivity contribution in [2.24, 2.45) is 0 Å². The van der Waals surface area contributed by atoms with Gasteiger partial charge in [0, 0.05) is 32.1 Å².